The number of aromatic hydroxyl groups is 1. The fourth-order valence-corrected chi connectivity index (χ4v) is 1.93. The number of hydrogen-bond donors (Lipinski definition) is 2. The van der Waals surface area contributed by atoms with Crippen molar-refractivity contribution in [2.75, 3.05) is 6.54 Å². The van der Waals surface area contributed by atoms with Gasteiger partial charge in [0.2, 0.25) is 0 Å². The predicted octanol–water partition coefficient (Wildman–Crippen LogP) is 2.83. The molecule has 0 spiro atoms. The molecule has 0 heterocycles. The van der Waals surface area contributed by atoms with Crippen LogP contribution in [0.2, 0.25) is 0 Å². The first-order chi connectivity index (χ1) is 6.49. The molecule has 1 aromatic carbocycles. The Labute approximate surface area is 93.3 Å². The van der Waals surface area contributed by atoms with Crippen molar-refractivity contribution >= 4 is 15.9 Å². The average molecular weight is 258 g/mol. The van der Waals surface area contributed by atoms with Crippen LogP contribution in [-0.2, 0) is 0 Å². The molecule has 0 bridgehead atoms. The van der Waals surface area contributed by atoms with E-state index in [-0.39, 0.29) is 5.92 Å². The van der Waals surface area contributed by atoms with Gasteiger partial charge in [0.1, 0.15) is 5.75 Å². The monoisotopic (exact) mass is 257 g/mol. The topological polar surface area (TPSA) is 46.2 Å². The molecule has 2 nitrogen and oxygen atoms in total. The number of halogens is 1. The maximum Gasteiger partial charge on any atom is 0.122 e. The van der Waals surface area contributed by atoms with E-state index >= 15 is 0 Å². The molecule has 14 heavy (non-hydrogen) atoms. The zero-order valence-electron chi connectivity index (χ0n) is 8.76. The number of rotatable bonds is 2. The van der Waals surface area contributed by atoms with E-state index in [1.165, 1.54) is 0 Å². The zero-order valence-corrected chi connectivity index (χ0v) is 10.4. The Morgan fingerprint density at radius 2 is 2.00 bits per heavy atom. The summed E-state index contributed by atoms with van der Waals surface area (Å²) >= 11 is 3.48. The van der Waals surface area contributed by atoms with Crippen LogP contribution in [-0.4, -0.2) is 11.7 Å². The highest BCUT2D eigenvalue weighted by molar-refractivity contribution is 9.10. The van der Waals surface area contributed by atoms with Crippen molar-refractivity contribution in [3.63, 3.8) is 0 Å². The van der Waals surface area contributed by atoms with E-state index in [9.17, 15) is 5.11 Å². The molecule has 1 atom stereocenters. The Morgan fingerprint density at radius 3 is 2.50 bits per heavy atom. The van der Waals surface area contributed by atoms with Gasteiger partial charge in [0, 0.05) is 4.47 Å². The fourth-order valence-electron chi connectivity index (χ4n) is 1.39. The molecule has 0 saturated carbocycles. The second-order valence-electron chi connectivity index (χ2n) is 3.68. The van der Waals surface area contributed by atoms with Gasteiger partial charge in [0.25, 0.3) is 0 Å². The van der Waals surface area contributed by atoms with Crippen molar-refractivity contribution in [3.8, 4) is 5.75 Å². The van der Waals surface area contributed by atoms with E-state index in [1.807, 2.05) is 26.8 Å². The number of benzene rings is 1. The molecule has 1 unspecified atom stereocenters. The van der Waals surface area contributed by atoms with Crippen LogP contribution in [0.15, 0.2) is 10.5 Å². The third kappa shape index (κ3) is 1.93. The van der Waals surface area contributed by atoms with Gasteiger partial charge in [-0.25, -0.2) is 0 Å². The van der Waals surface area contributed by atoms with Gasteiger partial charge in [-0.2, -0.15) is 0 Å². The van der Waals surface area contributed by atoms with E-state index in [0.717, 1.165) is 21.2 Å². The molecular weight excluding hydrogens is 242 g/mol. The third-order valence-corrected chi connectivity index (χ3v) is 3.54. The molecule has 1 aromatic rings. The largest absolute Gasteiger partial charge is 0.507 e. The van der Waals surface area contributed by atoms with Gasteiger partial charge < -0.3 is 10.8 Å². The van der Waals surface area contributed by atoms with Crippen LogP contribution in [0.25, 0.3) is 0 Å². The quantitative estimate of drug-likeness (QED) is 0.856. The lowest BCUT2D eigenvalue weighted by Gasteiger charge is -2.15. The summed E-state index contributed by atoms with van der Waals surface area (Å²) in [5.74, 6) is 0.564. The van der Waals surface area contributed by atoms with Crippen LogP contribution in [0, 0.1) is 13.8 Å². The van der Waals surface area contributed by atoms with Crippen molar-refractivity contribution in [3.05, 3.63) is 27.2 Å². The van der Waals surface area contributed by atoms with Crippen molar-refractivity contribution in [1.29, 1.82) is 0 Å². The predicted molar refractivity (Wildman–Crippen MR) is 62.8 cm³/mol. The van der Waals surface area contributed by atoms with Crippen LogP contribution >= 0.6 is 15.9 Å². The molecule has 0 aliphatic heterocycles. The van der Waals surface area contributed by atoms with Gasteiger partial charge in [0.15, 0.2) is 0 Å². The summed E-state index contributed by atoms with van der Waals surface area (Å²) in [5, 5.41) is 9.93. The van der Waals surface area contributed by atoms with Gasteiger partial charge in [-0.3, -0.25) is 0 Å². The summed E-state index contributed by atoms with van der Waals surface area (Å²) in [7, 11) is 0. The van der Waals surface area contributed by atoms with Crippen LogP contribution in [0.1, 0.15) is 29.5 Å². The molecule has 3 N–H and O–H groups in total. The van der Waals surface area contributed by atoms with E-state index in [2.05, 4.69) is 15.9 Å². The maximum absolute atomic E-state index is 9.93. The van der Waals surface area contributed by atoms with Crippen LogP contribution < -0.4 is 5.73 Å². The molecule has 0 fully saturated rings. The second-order valence-corrected chi connectivity index (χ2v) is 4.54. The lowest BCUT2D eigenvalue weighted by molar-refractivity contribution is 0.458. The Kier molecular flexibility index (Phi) is 3.56. The fraction of sp³-hybridized carbons (Fsp3) is 0.455. The minimum Gasteiger partial charge on any atom is -0.507 e. The van der Waals surface area contributed by atoms with Gasteiger partial charge in [-0.1, -0.05) is 22.9 Å². The lowest BCUT2D eigenvalue weighted by Crippen LogP contribution is -2.09. The first-order valence-electron chi connectivity index (χ1n) is 4.67. The molecule has 0 amide bonds. The highest BCUT2D eigenvalue weighted by Gasteiger charge is 2.14. The summed E-state index contributed by atoms with van der Waals surface area (Å²) in [5.41, 5.74) is 8.51. The summed E-state index contributed by atoms with van der Waals surface area (Å²) < 4.78 is 1.03. The minimum atomic E-state index is 0.186. The van der Waals surface area contributed by atoms with Gasteiger partial charge in [-0.15, -0.1) is 0 Å². The Balaban J connectivity index is 3.33. The van der Waals surface area contributed by atoms with Crippen molar-refractivity contribution in [2.45, 2.75) is 26.7 Å². The normalized spacial score (nSPS) is 12.9. The smallest absolute Gasteiger partial charge is 0.122 e. The number of phenolic OH excluding ortho intramolecular Hbond substituents is 1. The molecule has 0 radical (unpaired) electrons. The molecule has 0 aromatic heterocycles. The highest BCUT2D eigenvalue weighted by Crippen LogP contribution is 2.34. The third-order valence-electron chi connectivity index (χ3n) is 2.72. The maximum atomic E-state index is 9.93. The molecule has 0 aliphatic rings. The second kappa shape index (κ2) is 4.32. The van der Waals surface area contributed by atoms with Crippen molar-refractivity contribution < 1.29 is 5.11 Å². The molecular formula is C11H16BrNO. The van der Waals surface area contributed by atoms with Crippen LogP contribution in [0.4, 0.5) is 0 Å². The number of nitrogens with two attached hydrogens (primary N) is 1. The summed E-state index contributed by atoms with van der Waals surface area (Å²) in [6.45, 7) is 6.46. The first kappa shape index (κ1) is 11.5. The van der Waals surface area contributed by atoms with Crippen molar-refractivity contribution in [1.82, 2.24) is 0 Å². The van der Waals surface area contributed by atoms with Crippen molar-refractivity contribution in [2.24, 2.45) is 5.73 Å². The van der Waals surface area contributed by atoms with Crippen LogP contribution in [0.3, 0.4) is 0 Å². The summed E-state index contributed by atoms with van der Waals surface area (Å²) in [6, 6.07) is 1.95. The molecule has 78 valence electrons. The first-order valence-corrected chi connectivity index (χ1v) is 5.47. The minimum absolute atomic E-state index is 0.186. The standard InChI is InChI=1S/C11H16BrNO/c1-6(5-13)9-4-10(12)7(2)8(3)11(9)14/h4,6,14H,5,13H2,1-3H3. The Hall–Kier alpha value is -0.540. The summed E-state index contributed by atoms with van der Waals surface area (Å²) in [4.78, 5) is 0. The number of hydrogen-bond acceptors (Lipinski definition) is 2. The average Bonchev–Trinajstić information content (AvgIpc) is 2.19. The zero-order chi connectivity index (χ0) is 10.9. The molecule has 0 saturated heterocycles. The highest BCUT2D eigenvalue weighted by atomic mass is 79.9. The SMILES string of the molecule is Cc1c(Br)cc(C(C)CN)c(O)c1C. The van der Waals surface area contributed by atoms with Gasteiger partial charge in [-0.05, 0) is 49.1 Å². The van der Waals surface area contributed by atoms with E-state index in [1.54, 1.807) is 0 Å². The van der Waals surface area contributed by atoms with Crippen LogP contribution in [0.5, 0.6) is 5.75 Å². The van der Waals surface area contributed by atoms with Gasteiger partial charge in [0.05, 0.1) is 0 Å². The Morgan fingerprint density at radius 1 is 1.43 bits per heavy atom. The lowest BCUT2D eigenvalue weighted by atomic mass is 9.95. The summed E-state index contributed by atoms with van der Waals surface area (Å²) in [6.07, 6.45) is 0. The molecule has 0 aliphatic carbocycles. The number of phenols is 1. The molecule has 1 rings (SSSR count). The van der Waals surface area contributed by atoms with E-state index in [4.69, 9.17) is 5.73 Å². The Bertz CT molecular complexity index is 350. The van der Waals surface area contributed by atoms with Gasteiger partial charge >= 0.3 is 0 Å². The van der Waals surface area contributed by atoms with E-state index in [0.29, 0.717) is 12.3 Å². The molecule has 3 heteroatoms. The van der Waals surface area contributed by atoms with E-state index < -0.39 is 0 Å².